The van der Waals surface area contributed by atoms with E-state index < -0.39 is 126 Å². The largest absolute Gasteiger partial charge is 0.472 e. The molecule has 4 aliphatic heterocycles. The predicted molar refractivity (Wildman–Crippen MR) is 186 cm³/mol. The van der Waals surface area contributed by atoms with Crippen LogP contribution in [-0.4, -0.2) is 136 Å². The summed E-state index contributed by atoms with van der Waals surface area (Å²) in [6, 6.07) is 1.78. The number of ether oxygens (including phenoxy) is 7. The van der Waals surface area contributed by atoms with Gasteiger partial charge in [0.05, 0.1) is 38.5 Å². The number of carbonyl (C=O) groups is 2. The zero-order chi connectivity index (χ0) is 40.0. The molecule has 18 atom stereocenters. The highest BCUT2D eigenvalue weighted by molar-refractivity contribution is 5.83. The third-order valence-corrected chi connectivity index (χ3v) is 13.7. The maximum Gasteiger partial charge on any atom is 0.339 e. The van der Waals surface area contributed by atoms with Crippen LogP contribution in [-0.2, 0) is 42.7 Å². The summed E-state index contributed by atoms with van der Waals surface area (Å²) < 4.78 is 46.3. The predicted octanol–water partition coefficient (Wildman–Crippen LogP) is 0.806. The molecular weight excluding hydrogens is 724 g/mol. The van der Waals surface area contributed by atoms with Crippen molar-refractivity contribution in [1.82, 2.24) is 0 Å². The van der Waals surface area contributed by atoms with Gasteiger partial charge in [-0.25, -0.2) is 4.79 Å². The van der Waals surface area contributed by atoms with Gasteiger partial charge in [0.15, 0.2) is 18.7 Å². The highest BCUT2D eigenvalue weighted by Gasteiger charge is 2.80. The maximum absolute atomic E-state index is 13.3. The average Bonchev–Trinajstić information content (AvgIpc) is 3.71. The summed E-state index contributed by atoms with van der Waals surface area (Å²) in [6.07, 6.45) is -8.66. The van der Waals surface area contributed by atoms with Crippen LogP contribution in [0.2, 0.25) is 0 Å². The van der Waals surface area contributed by atoms with Gasteiger partial charge in [0.1, 0.15) is 54.4 Å². The van der Waals surface area contributed by atoms with Crippen molar-refractivity contribution in [1.29, 1.82) is 0 Å². The molecule has 1 saturated carbocycles. The van der Waals surface area contributed by atoms with Gasteiger partial charge in [-0.2, -0.15) is 0 Å². The van der Waals surface area contributed by atoms with E-state index in [9.17, 15) is 40.2 Å². The van der Waals surface area contributed by atoms with Gasteiger partial charge in [-0.15, -0.1) is 0 Å². The monoisotopic (exact) mass is 778 g/mol. The Morgan fingerprint density at radius 3 is 2.31 bits per heavy atom. The van der Waals surface area contributed by atoms with Gasteiger partial charge in [-0.3, -0.25) is 4.79 Å². The summed E-state index contributed by atoms with van der Waals surface area (Å²) in [5.41, 5.74) is -1.79. The van der Waals surface area contributed by atoms with E-state index in [0.29, 0.717) is 12.8 Å². The Morgan fingerprint density at radius 2 is 1.64 bits per heavy atom. The molecule has 55 heavy (non-hydrogen) atoms. The van der Waals surface area contributed by atoms with Crippen molar-refractivity contribution < 1.29 is 77.8 Å². The number of carbonyl (C=O) groups excluding carboxylic acids is 2. The Kier molecular flexibility index (Phi) is 10.5. The Hall–Kier alpha value is -2.74. The zero-order valence-electron chi connectivity index (χ0n) is 31.8. The molecule has 16 nitrogen and oxygen atoms in total. The Morgan fingerprint density at radius 1 is 0.945 bits per heavy atom. The van der Waals surface area contributed by atoms with E-state index in [1.807, 2.05) is 32.9 Å². The van der Waals surface area contributed by atoms with Crippen molar-refractivity contribution in [3.05, 3.63) is 48.5 Å². The van der Waals surface area contributed by atoms with Gasteiger partial charge < -0.3 is 68.2 Å². The van der Waals surface area contributed by atoms with E-state index in [1.54, 1.807) is 12.3 Å². The minimum atomic E-state index is -1.72. The molecule has 1 aromatic heterocycles. The standard InChI is InChI=1S/C39H54O16/c1-17-20(8-12-38(6)31(19-10-13-49-15-19)54-33(47)32-39(17,38)55-32)37(5)11-9-23(36(3,4)22(37)14-24(40)48-7)53-35-30(46)28(44)26(42)21(52-35)16-50-34-29(45)27(43)25(41)18(2)51-34/h9-11,13,15,18,20-23,25-32,34-35,41-46H,1,8,12,14,16H2,2-7H3. The highest BCUT2D eigenvalue weighted by Crippen LogP contribution is 2.72. The molecule has 0 bridgehead atoms. The van der Waals surface area contributed by atoms with Gasteiger partial charge in [0.25, 0.3) is 0 Å². The second-order valence-electron chi connectivity index (χ2n) is 17.1. The van der Waals surface area contributed by atoms with Gasteiger partial charge in [0.2, 0.25) is 0 Å². The van der Waals surface area contributed by atoms with Crippen LogP contribution in [0.3, 0.4) is 0 Å². The molecule has 4 saturated heterocycles. The van der Waals surface area contributed by atoms with Crippen molar-refractivity contribution >= 4 is 11.9 Å². The molecule has 6 aliphatic rings. The number of allylic oxidation sites excluding steroid dienone is 1. The van der Waals surface area contributed by atoms with Gasteiger partial charge in [0, 0.05) is 17.4 Å². The van der Waals surface area contributed by atoms with E-state index in [2.05, 4.69) is 13.5 Å². The molecule has 5 fully saturated rings. The van der Waals surface area contributed by atoms with E-state index in [4.69, 9.17) is 37.6 Å². The first kappa shape index (κ1) is 40.5. The van der Waals surface area contributed by atoms with Gasteiger partial charge >= 0.3 is 11.9 Å². The van der Waals surface area contributed by atoms with Crippen LogP contribution < -0.4 is 0 Å². The molecule has 0 radical (unpaired) electrons. The minimum Gasteiger partial charge on any atom is -0.472 e. The average molecular weight is 779 g/mol. The summed E-state index contributed by atoms with van der Waals surface area (Å²) in [5, 5.41) is 63.3. The fourth-order valence-corrected chi connectivity index (χ4v) is 10.3. The van der Waals surface area contributed by atoms with Crippen molar-refractivity contribution in [2.75, 3.05) is 13.7 Å². The molecule has 5 heterocycles. The van der Waals surface area contributed by atoms with E-state index >= 15 is 0 Å². The van der Waals surface area contributed by atoms with Gasteiger partial charge in [-0.05, 0) is 54.1 Å². The normalized spacial score (nSPS) is 49.1. The number of esters is 2. The molecule has 1 spiro atoms. The lowest BCUT2D eigenvalue weighted by Crippen LogP contribution is -2.62. The van der Waals surface area contributed by atoms with Crippen LogP contribution in [0.25, 0.3) is 0 Å². The summed E-state index contributed by atoms with van der Waals surface area (Å²) in [6.45, 7) is 13.6. The van der Waals surface area contributed by atoms with Crippen LogP contribution in [0.1, 0.15) is 65.5 Å². The molecule has 306 valence electrons. The number of furan rings is 1. The number of rotatable bonds is 9. The van der Waals surface area contributed by atoms with Gasteiger partial charge in [-0.1, -0.05) is 46.4 Å². The number of epoxide rings is 1. The molecule has 18 unspecified atom stereocenters. The zero-order valence-corrected chi connectivity index (χ0v) is 31.8. The molecule has 2 aliphatic carbocycles. The van der Waals surface area contributed by atoms with Crippen LogP contribution in [0, 0.1) is 28.1 Å². The second kappa shape index (κ2) is 14.3. The number of aliphatic hydroxyl groups is 6. The fraction of sp³-hybridized carbons (Fsp3) is 0.744. The van der Waals surface area contributed by atoms with Crippen LogP contribution >= 0.6 is 0 Å². The highest BCUT2D eigenvalue weighted by atomic mass is 16.7. The first-order valence-electron chi connectivity index (χ1n) is 18.9. The topological polar surface area (TPSA) is 237 Å². The Balaban J connectivity index is 1.13. The van der Waals surface area contributed by atoms with Crippen LogP contribution in [0.4, 0.5) is 0 Å². The maximum atomic E-state index is 13.3. The second-order valence-corrected chi connectivity index (χ2v) is 17.1. The summed E-state index contributed by atoms with van der Waals surface area (Å²) in [4.78, 5) is 26.4. The third kappa shape index (κ3) is 6.23. The molecule has 1 aromatic rings. The van der Waals surface area contributed by atoms with Crippen molar-refractivity contribution in [2.45, 2.75) is 139 Å². The number of methoxy groups -OCH3 is 1. The summed E-state index contributed by atoms with van der Waals surface area (Å²) in [5.74, 6) is -1.65. The number of hydrogen-bond acceptors (Lipinski definition) is 16. The van der Waals surface area contributed by atoms with E-state index in [0.717, 1.165) is 11.1 Å². The molecule has 6 N–H and O–H groups in total. The van der Waals surface area contributed by atoms with Crippen molar-refractivity contribution in [3.63, 3.8) is 0 Å². The molecule has 16 heteroatoms. The van der Waals surface area contributed by atoms with Crippen LogP contribution in [0.15, 0.2) is 47.3 Å². The lowest BCUT2D eigenvalue weighted by molar-refractivity contribution is -0.336. The summed E-state index contributed by atoms with van der Waals surface area (Å²) in [7, 11) is 1.32. The smallest absolute Gasteiger partial charge is 0.339 e. The van der Waals surface area contributed by atoms with Crippen molar-refractivity contribution in [3.8, 4) is 0 Å². The molecular formula is C39H54O16. The Bertz CT molecular complexity index is 1650. The quantitative estimate of drug-likeness (QED) is 0.116. The Labute approximate surface area is 318 Å². The third-order valence-electron chi connectivity index (χ3n) is 13.7. The van der Waals surface area contributed by atoms with E-state index in [1.165, 1.54) is 20.3 Å². The molecule has 0 aromatic carbocycles. The number of hydrogen-bond donors (Lipinski definition) is 6. The van der Waals surface area contributed by atoms with E-state index in [-0.39, 0.29) is 12.3 Å². The van der Waals surface area contributed by atoms with Crippen LogP contribution in [0.5, 0.6) is 0 Å². The lowest BCUT2D eigenvalue weighted by atomic mass is 9.46. The lowest BCUT2D eigenvalue weighted by Gasteiger charge is -2.58. The molecule has 7 rings (SSSR count). The number of aliphatic hydroxyl groups excluding tert-OH is 6. The molecule has 0 amide bonds. The summed E-state index contributed by atoms with van der Waals surface area (Å²) >= 11 is 0. The first-order chi connectivity index (χ1) is 25.8. The number of cyclic esters (lactones) is 1. The fourth-order valence-electron chi connectivity index (χ4n) is 10.3. The van der Waals surface area contributed by atoms with Crippen molar-refractivity contribution in [2.24, 2.45) is 28.1 Å². The SMILES string of the molecule is C=C1C(C2(C)C=CC(OC3OC(COC4OC(C)C(O)C(O)C4O)C(O)C(O)C3O)C(C)(C)C2CC(=O)OC)CCC2(C)C(c3ccoc3)OC(=O)C3OC132. The minimum absolute atomic E-state index is 0.0171. The first-order valence-corrected chi connectivity index (χ1v) is 18.9.